The van der Waals surface area contributed by atoms with Gasteiger partial charge in [0.2, 0.25) is 0 Å². The van der Waals surface area contributed by atoms with Crippen LogP contribution in [0.1, 0.15) is 26.2 Å². The Hall–Kier alpha value is -1.22. The van der Waals surface area contributed by atoms with Crippen molar-refractivity contribution < 1.29 is 4.74 Å². The first-order valence-corrected chi connectivity index (χ1v) is 6.96. The van der Waals surface area contributed by atoms with Gasteiger partial charge in [0.15, 0.2) is 0 Å². The van der Waals surface area contributed by atoms with Crippen LogP contribution in [0.4, 0.5) is 5.69 Å². The highest BCUT2D eigenvalue weighted by Gasteiger charge is 2.19. The second kappa shape index (κ2) is 6.64. The molecule has 1 atom stereocenters. The molecule has 1 N–H and O–H groups in total. The first kappa shape index (κ1) is 13.2. The molecule has 1 aromatic carbocycles. The normalized spacial score (nSPS) is 20.6. The van der Waals surface area contributed by atoms with Crippen molar-refractivity contribution in [2.45, 2.75) is 32.2 Å². The van der Waals surface area contributed by atoms with Gasteiger partial charge in [-0.1, -0.05) is 25.5 Å². The van der Waals surface area contributed by atoms with Crippen LogP contribution in [0.2, 0.25) is 0 Å². The van der Waals surface area contributed by atoms with E-state index in [2.05, 4.69) is 29.3 Å². The number of para-hydroxylation sites is 2. The lowest BCUT2D eigenvalue weighted by Gasteiger charge is -2.27. The molecule has 18 heavy (non-hydrogen) atoms. The lowest BCUT2D eigenvalue weighted by molar-refractivity contribution is 0.413. The first-order valence-electron chi connectivity index (χ1n) is 6.96. The fourth-order valence-electron chi connectivity index (χ4n) is 2.65. The highest BCUT2D eigenvalue weighted by Crippen LogP contribution is 2.28. The molecule has 1 fully saturated rings. The molecule has 0 spiro atoms. The summed E-state index contributed by atoms with van der Waals surface area (Å²) in [4.78, 5) is 2.46. The predicted octanol–water partition coefficient (Wildman–Crippen LogP) is 2.66. The maximum Gasteiger partial charge on any atom is 0.142 e. The van der Waals surface area contributed by atoms with E-state index in [1.807, 2.05) is 12.1 Å². The Bertz CT molecular complexity index is 367. The summed E-state index contributed by atoms with van der Waals surface area (Å²) in [6.45, 7) is 5.55. The van der Waals surface area contributed by atoms with E-state index in [-0.39, 0.29) is 0 Å². The second-order valence-corrected chi connectivity index (χ2v) is 4.91. The third-order valence-electron chi connectivity index (χ3n) is 3.54. The summed E-state index contributed by atoms with van der Waals surface area (Å²) < 4.78 is 5.47. The Morgan fingerprint density at radius 2 is 2.22 bits per heavy atom. The highest BCUT2D eigenvalue weighted by atomic mass is 16.5. The standard InChI is InChI=1S/C15H24N2O/c1-3-7-13-12-17(11-6-10-16-13)14-8-4-5-9-15(14)18-2/h4-5,8-9,13,16H,3,6-7,10-12H2,1-2H3. The average molecular weight is 248 g/mol. The molecule has 0 saturated carbocycles. The van der Waals surface area contributed by atoms with E-state index in [0.29, 0.717) is 6.04 Å². The highest BCUT2D eigenvalue weighted by molar-refractivity contribution is 5.58. The fourth-order valence-corrected chi connectivity index (χ4v) is 2.65. The van der Waals surface area contributed by atoms with E-state index < -0.39 is 0 Å². The Kier molecular flexibility index (Phi) is 4.88. The number of nitrogens with zero attached hydrogens (tertiary/aromatic N) is 1. The third kappa shape index (κ3) is 3.16. The van der Waals surface area contributed by atoms with Gasteiger partial charge in [-0.05, 0) is 31.5 Å². The van der Waals surface area contributed by atoms with E-state index in [9.17, 15) is 0 Å². The molecular weight excluding hydrogens is 224 g/mol. The molecule has 1 aliphatic heterocycles. The van der Waals surface area contributed by atoms with Gasteiger partial charge < -0.3 is 15.0 Å². The van der Waals surface area contributed by atoms with Crippen LogP contribution in [0, 0.1) is 0 Å². The largest absolute Gasteiger partial charge is 0.495 e. The van der Waals surface area contributed by atoms with Crippen molar-refractivity contribution in [3.63, 3.8) is 0 Å². The molecule has 1 aliphatic rings. The van der Waals surface area contributed by atoms with Crippen LogP contribution in [-0.2, 0) is 0 Å². The molecule has 0 radical (unpaired) electrons. The van der Waals surface area contributed by atoms with Crippen LogP contribution < -0.4 is 15.0 Å². The fraction of sp³-hybridized carbons (Fsp3) is 0.600. The number of rotatable bonds is 4. The Morgan fingerprint density at radius 1 is 1.39 bits per heavy atom. The molecule has 1 unspecified atom stereocenters. The second-order valence-electron chi connectivity index (χ2n) is 4.91. The van der Waals surface area contributed by atoms with Gasteiger partial charge in [0.1, 0.15) is 5.75 Å². The van der Waals surface area contributed by atoms with Gasteiger partial charge in [-0.2, -0.15) is 0 Å². The zero-order valence-corrected chi connectivity index (χ0v) is 11.5. The Morgan fingerprint density at radius 3 is 3.00 bits per heavy atom. The number of ether oxygens (including phenoxy) is 1. The van der Waals surface area contributed by atoms with Gasteiger partial charge in [0.25, 0.3) is 0 Å². The topological polar surface area (TPSA) is 24.5 Å². The maximum atomic E-state index is 5.47. The zero-order valence-electron chi connectivity index (χ0n) is 11.5. The molecule has 0 aliphatic carbocycles. The Labute approximate surface area is 110 Å². The lowest BCUT2D eigenvalue weighted by atomic mass is 10.1. The summed E-state index contributed by atoms with van der Waals surface area (Å²) in [5.41, 5.74) is 1.23. The molecule has 1 aromatic rings. The van der Waals surface area contributed by atoms with Gasteiger partial charge in [-0.3, -0.25) is 0 Å². The minimum absolute atomic E-state index is 0.599. The summed E-state index contributed by atoms with van der Waals surface area (Å²) in [7, 11) is 1.75. The van der Waals surface area contributed by atoms with Crippen LogP contribution in [0.25, 0.3) is 0 Å². The molecule has 3 nitrogen and oxygen atoms in total. The summed E-state index contributed by atoms with van der Waals surface area (Å²) in [5, 5.41) is 3.64. The van der Waals surface area contributed by atoms with Gasteiger partial charge >= 0.3 is 0 Å². The molecule has 0 bridgehead atoms. The number of hydrogen-bond donors (Lipinski definition) is 1. The zero-order chi connectivity index (χ0) is 12.8. The van der Waals surface area contributed by atoms with Crippen LogP contribution in [0.5, 0.6) is 5.75 Å². The number of benzene rings is 1. The summed E-state index contributed by atoms with van der Waals surface area (Å²) in [6.07, 6.45) is 3.67. The van der Waals surface area contributed by atoms with Crippen molar-refractivity contribution in [3.8, 4) is 5.75 Å². The summed E-state index contributed by atoms with van der Waals surface area (Å²) in [5.74, 6) is 0.981. The van der Waals surface area contributed by atoms with Crippen LogP contribution in [0.3, 0.4) is 0 Å². The molecule has 0 amide bonds. The summed E-state index contributed by atoms with van der Waals surface area (Å²) >= 11 is 0. The third-order valence-corrected chi connectivity index (χ3v) is 3.54. The van der Waals surface area contributed by atoms with Gasteiger partial charge in [-0.25, -0.2) is 0 Å². The molecular formula is C15H24N2O. The average Bonchev–Trinajstić information content (AvgIpc) is 2.65. The van der Waals surface area contributed by atoms with Crippen LogP contribution in [-0.4, -0.2) is 32.8 Å². The van der Waals surface area contributed by atoms with Crippen molar-refractivity contribution >= 4 is 5.69 Å². The SMILES string of the molecule is CCCC1CN(c2ccccc2OC)CCCN1. The van der Waals surface area contributed by atoms with E-state index in [0.717, 1.165) is 25.4 Å². The van der Waals surface area contributed by atoms with E-state index in [1.165, 1.54) is 24.9 Å². The number of hydrogen-bond acceptors (Lipinski definition) is 3. The number of methoxy groups -OCH3 is 1. The molecule has 0 aromatic heterocycles. The van der Waals surface area contributed by atoms with Crippen LogP contribution >= 0.6 is 0 Å². The van der Waals surface area contributed by atoms with Crippen LogP contribution in [0.15, 0.2) is 24.3 Å². The molecule has 1 saturated heterocycles. The molecule has 1 heterocycles. The van der Waals surface area contributed by atoms with Gasteiger partial charge in [0, 0.05) is 19.1 Å². The molecule has 3 heteroatoms. The quantitative estimate of drug-likeness (QED) is 0.886. The molecule has 2 rings (SSSR count). The minimum Gasteiger partial charge on any atom is -0.495 e. The van der Waals surface area contributed by atoms with E-state index >= 15 is 0 Å². The Balaban J connectivity index is 2.14. The first-order chi connectivity index (χ1) is 8.85. The van der Waals surface area contributed by atoms with Gasteiger partial charge in [-0.15, -0.1) is 0 Å². The summed E-state index contributed by atoms with van der Waals surface area (Å²) in [6, 6.07) is 8.92. The van der Waals surface area contributed by atoms with Crippen molar-refractivity contribution in [3.05, 3.63) is 24.3 Å². The van der Waals surface area contributed by atoms with Crippen molar-refractivity contribution in [1.82, 2.24) is 5.32 Å². The minimum atomic E-state index is 0.599. The van der Waals surface area contributed by atoms with Crippen molar-refractivity contribution in [2.75, 3.05) is 31.6 Å². The van der Waals surface area contributed by atoms with E-state index in [1.54, 1.807) is 7.11 Å². The number of nitrogens with one attached hydrogen (secondary N) is 1. The monoisotopic (exact) mass is 248 g/mol. The van der Waals surface area contributed by atoms with Crippen molar-refractivity contribution in [2.24, 2.45) is 0 Å². The van der Waals surface area contributed by atoms with Gasteiger partial charge in [0.05, 0.1) is 12.8 Å². The molecule has 100 valence electrons. The number of anilines is 1. The predicted molar refractivity (Wildman–Crippen MR) is 76.5 cm³/mol. The van der Waals surface area contributed by atoms with Crippen molar-refractivity contribution in [1.29, 1.82) is 0 Å². The smallest absolute Gasteiger partial charge is 0.142 e. The van der Waals surface area contributed by atoms with E-state index in [4.69, 9.17) is 4.74 Å². The lowest BCUT2D eigenvalue weighted by Crippen LogP contribution is -2.37. The maximum absolute atomic E-state index is 5.47.